The van der Waals surface area contributed by atoms with E-state index in [1.807, 2.05) is 67.6 Å². The molecule has 0 bridgehead atoms. The Balaban J connectivity index is 0.00000300. The summed E-state index contributed by atoms with van der Waals surface area (Å²) in [6.45, 7) is 4.71. The minimum atomic E-state index is -0.568. The second-order valence-corrected chi connectivity index (χ2v) is 7.33. The van der Waals surface area contributed by atoms with E-state index in [4.69, 9.17) is 4.74 Å². The molecule has 0 saturated carbocycles. The average Bonchev–Trinajstić information content (AvgIpc) is 2.73. The van der Waals surface area contributed by atoms with Crippen LogP contribution in [-0.2, 0) is 13.0 Å². The van der Waals surface area contributed by atoms with Gasteiger partial charge >= 0.3 is 0 Å². The third kappa shape index (κ3) is 7.21. The predicted molar refractivity (Wildman–Crippen MR) is 122 cm³/mol. The molecular formula is C25H30ClNO2. The molecule has 0 aliphatic rings. The molecule has 0 amide bonds. The molecule has 3 aromatic rings. The van der Waals surface area contributed by atoms with Gasteiger partial charge in [-0.15, -0.1) is 12.4 Å². The fourth-order valence-electron chi connectivity index (χ4n) is 3.36. The van der Waals surface area contributed by atoms with Crippen molar-refractivity contribution in [3.8, 4) is 5.75 Å². The lowest BCUT2D eigenvalue weighted by atomic mass is 10.0. The van der Waals surface area contributed by atoms with Gasteiger partial charge in [0.1, 0.15) is 12.4 Å². The number of ether oxygens (including phenoxy) is 1. The predicted octanol–water partition coefficient (Wildman–Crippen LogP) is 5.33. The summed E-state index contributed by atoms with van der Waals surface area (Å²) in [4.78, 5) is 0. The van der Waals surface area contributed by atoms with Crippen molar-refractivity contribution in [2.75, 3.05) is 0 Å². The highest BCUT2D eigenvalue weighted by Crippen LogP contribution is 2.21. The topological polar surface area (TPSA) is 41.5 Å². The van der Waals surface area contributed by atoms with Crippen molar-refractivity contribution in [2.45, 2.75) is 45.1 Å². The number of aliphatic hydroxyl groups excluding tert-OH is 1. The Kier molecular flexibility index (Phi) is 9.20. The van der Waals surface area contributed by atoms with E-state index in [1.54, 1.807) is 0 Å². The van der Waals surface area contributed by atoms with Crippen LogP contribution in [0, 0.1) is 0 Å². The van der Waals surface area contributed by atoms with Crippen LogP contribution in [0.2, 0.25) is 0 Å². The number of aliphatic hydroxyl groups is 1. The molecule has 0 aliphatic heterocycles. The molecule has 0 saturated heterocycles. The van der Waals surface area contributed by atoms with E-state index in [-0.39, 0.29) is 24.5 Å². The van der Waals surface area contributed by atoms with Gasteiger partial charge in [0, 0.05) is 12.1 Å². The Labute approximate surface area is 180 Å². The lowest BCUT2D eigenvalue weighted by molar-refractivity contribution is 0.130. The average molecular weight is 412 g/mol. The Bertz CT molecular complexity index is 824. The van der Waals surface area contributed by atoms with Gasteiger partial charge in [-0.2, -0.15) is 0 Å². The molecular weight excluding hydrogens is 382 g/mol. The van der Waals surface area contributed by atoms with Crippen LogP contribution in [0.15, 0.2) is 84.9 Å². The molecule has 3 aromatic carbocycles. The second-order valence-electron chi connectivity index (χ2n) is 7.33. The van der Waals surface area contributed by atoms with Crippen LogP contribution < -0.4 is 10.1 Å². The van der Waals surface area contributed by atoms with Gasteiger partial charge in [-0.3, -0.25) is 0 Å². The van der Waals surface area contributed by atoms with Crippen LogP contribution in [-0.4, -0.2) is 17.2 Å². The monoisotopic (exact) mass is 411 g/mol. The maximum absolute atomic E-state index is 10.7. The summed E-state index contributed by atoms with van der Waals surface area (Å²) in [5, 5.41) is 14.2. The van der Waals surface area contributed by atoms with E-state index >= 15 is 0 Å². The summed E-state index contributed by atoms with van der Waals surface area (Å²) in [5.41, 5.74) is 3.32. The van der Waals surface area contributed by atoms with E-state index in [0.29, 0.717) is 6.61 Å². The van der Waals surface area contributed by atoms with Crippen molar-refractivity contribution >= 4 is 12.4 Å². The maximum Gasteiger partial charge on any atom is 0.119 e. The summed E-state index contributed by atoms with van der Waals surface area (Å²) in [7, 11) is 0. The van der Waals surface area contributed by atoms with E-state index in [9.17, 15) is 5.11 Å². The van der Waals surface area contributed by atoms with Crippen LogP contribution in [0.25, 0.3) is 0 Å². The maximum atomic E-state index is 10.7. The van der Waals surface area contributed by atoms with Crippen molar-refractivity contribution in [1.29, 1.82) is 0 Å². The van der Waals surface area contributed by atoms with Gasteiger partial charge in [0.2, 0.25) is 0 Å². The van der Waals surface area contributed by atoms with Gasteiger partial charge in [-0.05, 0) is 49.1 Å². The summed E-state index contributed by atoms with van der Waals surface area (Å²) in [6.07, 6.45) is 0.367. The second kappa shape index (κ2) is 11.6. The van der Waals surface area contributed by atoms with Gasteiger partial charge in [-0.1, -0.05) is 72.8 Å². The highest BCUT2D eigenvalue weighted by atomic mass is 35.5. The van der Waals surface area contributed by atoms with Crippen LogP contribution >= 0.6 is 12.4 Å². The first-order chi connectivity index (χ1) is 13.6. The number of benzene rings is 3. The van der Waals surface area contributed by atoms with Crippen molar-refractivity contribution in [1.82, 2.24) is 5.32 Å². The highest BCUT2D eigenvalue weighted by Gasteiger charge is 2.18. The zero-order valence-corrected chi connectivity index (χ0v) is 17.8. The molecule has 0 heterocycles. The first-order valence-corrected chi connectivity index (χ1v) is 9.86. The van der Waals surface area contributed by atoms with Crippen molar-refractivity contribution < 1.29 is 9.84 Å². The van der Waals surface area contributed by atoms with Crippen LogP contribution in [0.4, 0.5) is 0 Å². The van der Waals surface area contributed by atoms with E-state index < -0.39 is 6.10 Å². The fraction of sp³-hybridized carbons (Fsp3) is 0.280. The first kappa shape index (κ1) is 23.0. The smallest absolute Gasteiger partial charge is 0.119 e. The normalized spacial score (nSPS) is 13.8. The zero-order valence-electron chi connectivity index (χ0n) is 17.0. The molecule has 29 heavy (non-hydrogen) atoms. The lowest BCUT2D eigenvalue weighted by Gasteiger charge is -2.25. The van der Waals surface area contributed by atoms with E-state index in [0.717, 1.165) is 23.3 Å². The van der Waals surface area contributed by atoms with E-state index in [1.165, 1.54) is 5.56 Å². The molecule has 0 fully saturated rings. The quantitative estimate of drug-likeness (QED) is 0.500. The SMILES string of the molecule is CC(Cc1ccccc1)NC(C)C(O)c1ccc(OCc2ccccc2)cc1.Cl. The molecule has 154 valence electrons. The van der Waals surface area contributed by atoms with Crippen molar-refractivity contribution in [3.63, 3.8) is 0 Å². The number of nitrogens with one attached hydrogen (secondary N) is 1. The third-order valence-corrected chi connectivity index (χ3v) is 4.88. The Morgan fingerprint density at radius 1 is 0.793 bits per heavy atom. The van der Waals surface area contributed by atoms with Gasteiger partial charge in [0.05, 0.1) is 6.10 Å². The van der Waals surface area contributed by atoms with Crippen LogP contribution in [0.1, 0.15) is 36.6 Å². The van der Waals surface area contributed by atoms with Crippen LogP contribution in [0.3, 0.4) is 0 Å². The summed E-state index contributed by atoms with van der Waals surface area (Å²) >= 11 is 0. The molecule has 0 spiro atoms. The molecule has 3 atom stereocenters. The largest absolute Gasteiger partial charge is 0.489 e. The standard InChI is InChI=1S/C25H29NO2.ClH/c1-19(17-21-9-5-3-6-10-21)26-20(2)25(27)23-13-15-24(16-14-23)28-18-22-11-7-4-8-12-22;/h3-16,19-20,25-27H,17-18H2,1-2H3;1H. The number of hydrogen-bond acceptors (Lipinski definition) is 3. The summed E-state index contributed by atoms with van der Waals surface area (Å²) in [6, 6.07) is 28.4. The number of rotatable bonds is 9. The minimum Gasteiger partial charge on any atom is -0.489 e. The third-order valence-electron chi connectivity index (χ3n) is 4.88. The van der Waals surface area contributed by atoms with Gasteiger partial charge in [0.15, 0.2) is 0 Å². The van der Waals surface area contributed by atoms with Crippen LogP contribution in [0.5, 0.6) is 5.75 Å². The van der Waals surface area contributed by atoms with Gasteiger partial charge in [0.25, 0.3) is 0 Å². The Hall–Kier alpha value is -2.33. The molecule has 2 N–H and O–H groups in total. The fourth-order valence-corrected chi connectivity index (χ4v) is 3.36. The minimum absolute atomic E-state index is 0. The summed E-state index contributed by atoms with van der Waals surface area (Å²) < 4.78 is 5.82. The number of hydrogen-bond donors (Lipinski definition) is 2. The molecule has 4 heteroatoms. The molecule has 0 aliphatic carbocycles. The first-order valence-electron chi connectivity index (χ1n) is 9.86. The summed E-state index contributed by atoms with van der Waals surface area (Å²) in [5.74, 6) is 0.804. The van der Waals surface area contributed by atoms with E-state index in [2.05, 4.69) is 36.5 Å². The van der Waals surface area contributed by atoms with Gasteiger partial charge < -0.3 is 15.2 Å². The van der Waals surface area contributed by atoms with Gasteiger partial charge in [-0.25, -0.2) is 0 Å². The molecule has 0 aromatic heterocycles. The van der Waals surface area contributed by atoms with Crippen molar-refractivity contribution in [2.24, 2.45) is 0 Å². The van der Waals surface area contributed by atoms with Crippen molar-refractivity contribution in [3.05, 3.63) is 102 Å². The lowest BCUT2D eigenvalue weighted by Crippen LogP contribution is -2.39. The number of halogens is 1. The zero-order chi connectivity index (χ0) is 19.8. The Morgan fingerprint density at radius 2 is 1.34 bits per heavy atom. The molecule has 3 nitrogen and oxygen atoms in total. The highest BCUT2D eigenvalue weighted by molar-refractivity contribution is 5.85. The molecule has 3 unspecified atom stereocenters. The molecule has 3 rings (SSSR count). The Morgan fingerprint density at radius 3 is 1.93 bits per heavy atom. The molecule has 0 radical (unpaired) electrons.